The van der Waals surface area contributed by atoms with Crippen molar-refractivity contribution in [3.63, 3.8) is 0 Å². The fourth-order valence-corrected chi connectivity index (χ4v) is 6.41. The number of carbonyl (C=O) groups is 1. The Morgan fingerprint density at radius 2 is 1.83 bits per heavy atom. The van der Waals surface area contributed by atoms with Gasteiger partial charge in [0.1, 0.15) is 10.6 Å². The number of ether oxygens (including phenoxy) is 1. The van der Waals surface area contributed by atoms with Gasteiger partial charge in [0.2, 0.25) is 15.7 Å². The minimum Gasteiger partial charge on any atom is -0.494 e. The van der Waals surface area contributed by atoms with Gasteiger partial charge in [-0.2, -0.15) is 0 Å². The van der Waals surface area contributed by atoms with E-state index in [0.717, 1.165) is 16.2 Å². The summed E-state index contributed by atoms with van der Waals surface area (Å²) in [5.74, 6) is 0.352. The van der Waals surface area contributed by atoms with Crippen LogP contribution in [0.4, 0.5) is 5.69 Å². The number of sulfone groups is 1. The smallest absolute Gasteiger partial charge is 0.225 e. The molecule has 150 valence electrons. The van der Waals surface area contributed by atoms with Crippen molar-refractivity contribution in [3.05, 3.63) is 69.4 Å². The standard InChI is InChI=1S/C21H18ClNO4S2/c1-2-27-15-7-3-13(4-8-15)17-11-19(24)23-20-18(12-28-21(17)20)29(25,26)16-9-5-14(22)6-10-16/h3-10,12,17H,2,11H2,1H3,(H,23,24)/t17-/m0/s1. The summed E-state index contributed by atoms with van der Waals surface area (Å²) < 4.78 is 31.8. The summed E-state index contributed by atoms with van der Waals surface area (Å²) in [5, 5.41) is 4.83. The molecule has 29 heavy (non-hydrogen) atoms. The van der Waals surface area contributed by atoms with Crippen molar-refractivity contribution in [1.29, 1.82) is 0 Å². The molecule has 4 rings (SSSR count). The van der Waals surface area contributed by atoms with Crippen molar-refractivity contribution in [2.75, 3.05) is 11.9 Å². The van der Waals surface area contributed by atoms with Gasteiger partial charge >= 0.3 is 0 Å². The molecule has 3 aromatic rings. The van der Waals surface area contributed by atoms with Gasteiger partial charge in [0.15, 0.2) is 0 Å². The van der Waals surface area contributed by atoms with E-state index < -0.39 is 9.84 Å². The second kappa shape index (κ2) is 7.82. The molecule has 1 atom stereocenters. The first-order valence-corrected chi connectivity index (χ1v) is 11.8. The molecule has 0 spiro atoms. The molecule has 8 heteroatoms. The largest absolute Gasteiger partial charge is 0.494 e. The van der Waals surface area contributed by atoms with Crippen LogP contribution in [0.25, 0.3) is 0 Å². The Kier molecular flexibility index (Phi) is 5.38. The molecule has 0 saturated carbocycles. The zero-order valence-electron chi connectivity index (χ0n) is 15.5. The predicted octanol–water partition coefficient (Wildman–Crippen LogP) is 5.11. The molecule has 0 aliphatic carbocycles. The maximum Gasteiger partial charge on any atom is 0.225 e. The highest BCUT2D eigenvalue weighted by Gasteiger charge is 2.34. The lowest BCUT2D eigenvalue weighted by Crippen LogP contribution is -2.23. The third-order valence-corrected chi connectivity index (χ3v) is 8.05. The Morgan fingerprint density at radius 3 is 2.48 bits per heavy atom. The minimum absolute atomic E-state index is 0.115. The zero-order chi connectivity index (χ0) is 20.6. The fraction of sp³-hybridized carbons (Fsp3) is 0.190. The number of nitrogens with one attached hydrogen (secondary N) is 1. The Balaban J connectivity index is 1.75. The molecule has 0 saturated heterocycles. The Hall–Kier alpha value is -2.35. The van der Waals surface area contributed by atoms with Gasteiger partial charge in [0.25, 0.3) is 0 Å². The lowest BCUT2D eigenvalue weighted by atomic mass is 9.90. The number of thiophene rings is 1. The molecule has 1 N–H and O–H groups in total. The molecule has 0 bridgehead atoms. The minimum atomic E-state index is -3.78. The van der Waals surface area contributed by atoms with Crippen LogP contribution in [-0.4, -0.2) is 20.9 Å². The van der Waals surface area contributed by atoms with Crippen LogP contribution in [0.2, 0.25) is 5.02 Å². The first-order valence-electron chi connectivity index (χ1n) is 9.04. The number of hydrogen-bond donors (Lipinski definition) is 1. The van der Waals surface area contributed by atoms with Crippen LogP contribution in [0, 0.1) is 0 Å². The van der Waals surface area contributed by atoms with Crippen LogP contribution in [-0.2, 0) is 14.6 Å². The van der Waals surface area contributed by atoms with Gasteiger partial charge in [0, 0.05) is 27.6 Å². The van der Waals surface area contributed by atoms with Gasteiger partial charge in [-0.1, -0.05) is 23.7 Å². The van der Waals surface area contributed by atoms with E-state index >= 15 is 0 Å². The van der Waals surface area contributed by atoms with Gasteiger partial charge in [-0.05, 0) is 48.9 Å². The van der Waals surface area contributed by atoms with E-state index in [-0.39, 0.29) is 28.0 Å². The maximum absolute atomic E-state index is 13.1. The van der Waals surface area contributed by atoms with Crippen LogP contribution >= 0.6 is 22.9 Å². The summed E-state index contributed by atoms with van der Waals surface area (Å²) in [6, 6.07) is 13.6. The Bertz CT molecular complexity index is 1150. The molecule has 1 aliphatic rings. The molecule has 0 unspecified atom stereocenters. The van der Waals surface area contributed by atoms with E-state index in [1.165, 1.54) is 35.6 Å². The van der Waals surface area contributed by atoms with Crippen molar-refractivity contribution >= 4 is 44.4 Å². The van der Waals surface area contributed by atoms with Crippen LogP contribution in [0.1, 0.15) is 29.7 Å². The molecule has 5 nitrogen and oxygen atoms in total. The van der Waals surface area contributed by atoms with Crippen LogP contribution in [0.3, 0.4) is 0 Å². The number of amides is 1. The number of rotatable bonds is 5. The van der Waals surface area contributed by atoms with E-state index in [9.17, 15) is 13.2 Å². The molecule has 1 amide bonds. The summed E-state index contributed by atoms with van der Waals surface area (Å²) in [6.45, 7) is 2.49. The number of halogens is 1. The van der Waals surface area contributed by atoms with Crippen molar-refractivity contribution in [2.45, 2.75) is 29.1 Å². The second-order valence-electron chi connectivity index (χ2n) is 6.60. The Morgan fingerprint density at radius 1 is 1.14 bits per heavy atom. The average Bonchev–Trinajstić information content (AvgIpc) is 3.13. The van der Waals surface area contributed by atoms with Crippen molar-refractivity contribution in [1.82, 2.24) is 0 Å². The molecular weight excluding hydrogens is 430 g/mol. The first kappa shape index (κ1) is 19.9. The monoisotopic (exact) mass is 447 g/mol. The second-order valence-corrected chi connectivity index (χ2v) is 9.87. The van der Waals surface area contributed by atoms with Crippen LogP contribution < -0.4 is 10.1 Å². The van der Waals surface area contributed by atoms with Crippen molar-refractivity contribution in [2.24, 2.45) is 0 Å². The van der Waals surface area contributed by atoms with E-state index in [4.69, 9.17) is 16.3 Å². The average molecular weight is 448 g/mol. The summed E-state index contributed by atoms with van der Waals surface area (Å²) in [6.07, 6.45) is 0.266. The van der Waals surface area contributed by atoms with Gasteiger partial charge in [-0.25, -0.2) is 8.42 Å². The van der Waals surface area contributed by atoms with Gasteiger partial charge in [0.05, 0.1) is 17.2 Å². The number of benzene rings is 2. The molecule has 1 aliphatic heterocycles. The Labute approximate surface area is 178 Å². The quantitative estimate of drug-likeness (QED) is 0.590. The molecular formula is C21H18ClNO4S2. The van der Waals surface area contributed by atoms with E-state index in [1.807, 2.05) is 31.2 Å². The van der Waals surface area contributed by atoms with E-state index in [0.29, 0.717) is 17.3 Å². The number of fused-ring (bicyclic) bond motifs is 1. The summed E-state index contributed by atoms with van der Waals surface area (Å²) in [7, 11) is -3.78. The molecule has 1 aromatic heterocycles. The molecule has 2 aromatic carbocycles. The van der Waals surface area contributed by atoms with E-state index in [1.54, 1.807) is 5.38 Å². The van der Waals surface area contributed by atoms with Crippen LogP contribution in [0.5, 0.6) is 5.75 Å². The van der Waals surface area contributed by atoms with Gasteiger partial charge < -0.3 is 10.1 Å². The summed E-state index contributed by atoms with van der Waals surface area (Å²) in [5.41, 5.74) is 1.32. The fourth-order valence-electron chi connectivity index (χ4n) is 3.38. The van der Waals surface area contributed by atoms with E-state index in [2.05, 4.69) is 5.32 Å². The highest BCUT2D eigenvalue weighted by Crippen LogP contribution is 2.46. The van der Waals surface area contributed by atoms with Gasteiger partial charge in [-0.15, -0.1) is 11.3 Å². The lowest BCUT2D eigenvalue weighted by molar-refractivity contribution is -0.116. The topological polar surface area (TPSA) is 72.5 Å². The maximum atomic E-state index is 13.1. The highest BCUT2D eigenvalue weighted by molar-refractivity contribution is 7.91. The third kappa shape index (κ3) is 3.77. The molecule has 0 radical (unpaired) electrons. The molecule has 0 fully saturated rings. The van der Waals surface area contributed by atoms with Crippen molar-refractivity contribution < 1.29 is 17.9 Å². The van der Waals surface area contributed by atoms with Crippen LogP contribution in [0.15, 0.2) is 63.7 Å². The summed E-state index contributed by atoms with van der Waals surface area (Å²) >= 11 is 7.23. The summed E-state index contributed by atoms with van der Waals surface area (Å²) in [4.78, 5) is 13.5. The van der Waals surface area contributed by atoms with Crippen molar-refractivity contribution in [3.8, 4) is 5.75 Å². The number of carbonyl (C=O) groups excluding carboxylic acids is 1. The predicted molar refractivity (Wildman–Crippen MR) is 114 cm³/mol. The number of anilines is 1. The van der Waals surface area contributed by atoms with Gasteiger partial charge in [-0.3, -0.25) is 4.79 Å². The normalized spacial score (nSPS) is 16.2. The first-order chi connectivity index (χ1) is 13.9. The zero-order valence-corrected chi connectivity index (χ0v) is 17.9. The SMILES string of the molecule is CCOc1ccc([C@@H]2CC(=O)Nc3c(S(=O)(=O)c4ccc(Cl)cc4)csc32)cc1. The third-order valence-electron chi connectivity index (χ3n) is 4.76. The highest BCUT2D eigenvalue weighted by atomic mass is 35.5. The number of hydrogen-bond acceptors (Lipinski definition) is 5. The lowest BCUT2D eigenvalue weighted by Gasteiger charge is -2.24. The molecule has 2 heterocycles.